The Morgan fingerprint density at radius 2 is 1.02 bits per heavy atom. The molecule has 0 aromatic heterocycles. The number of rotatable bonds is 6. The second kappa shape index (κ2) is 10.8. The molecule has 260 valence electrons. The molecule has 6 aliphatic rings. The predicted octanol–water partition coefficient (Wildman–Crippen LogP) is 6.36. The van der Waals surface area contributed by atoms with Gasteiger partial charge in [0.1, 0.15) is 23.7 Å². The SMILES string of the molecule is CC1OC1Oc1ccc(-c2cc3c4c(c2)B2c5ccccc5-c5c(-c6ccc(OC7OC7C)cc6)ccc(c52)N4c2cccc4c2B3c2ccccc2-4)cc1. The Labute approximate surface area is 320 Å². The van der Waals surface area contributed by atoms with Crippen LogP contribution >= 0.6 is 0 Å². The van der Waals surface area contributed by atoms with Crippen molar-refractivity contribution in [3.8, 4) is 56.0 Å². The number of fused-ring (bicyclic) bond motifs is 10. The first kappa shape index (κ1) is 30.3. The van der Waals surface area contributed by atoms with Gasteiger partial charge in [0, 0.05) is 17.1 Å². The van der Waals surface area contributed by atoms with Gasteiger partial charge in [-0.1, -0.05) is 114 Å². The normalized spacial score (nSPS) is 20.7. The van der Waals surface area contributed by atoms with Crippen LogP contribution in [-0.2, 0) is 9.47 Å². The van der Waals surface area contributed by atoms with Gasteiger partial charge in [-0.2, -0.15) is 0 Å². The van der Waals surface area contributed by atoms with Crippen molar-refractivity contribution in [1.82, 2.24) is 0 Å². The summed E-state index contributed by atoms with van der Waals surface area (Å²) in [5.41, 5.74) is 22.2. The Bertz CT molecular complexity index is 2800. The second-order valence-corrected chi connectivity index (χ2v) is 15.7. The van der Waals surface area contributed by atoms with Gasteiger partial charge in [-0.15, -0.1) is 0 Å². The third-order valence-corrected chi connectivity index (χ3v) is 12.7. The van der Waals surface area contributed by atoms with Gasteiger partial charge < -0.3 is 23.8 Å². The number of hydrogen-bond donors (Lipinski definition) is 0. The average Bonchev–Trinajstić information content (AvgIpc) is 4.03. The number of epoxide rings is 2. The summed E-state index contributed by atoms with van der Waals surface area (Å²) in [5.74, 6) is 1.66. The molecule has 0 saturated carbocycles. The number of anilines is 3. The van der Waals surface area contributed by atoms with Crippen LogP contribution in [0.4, 0.5) is 17.1 Å². The monoisotopic (exact) mass is 709 g/mol. The highest BCUT2D eigenvalue weighted by molar-refractivity contribution is 7.05. The molecule has 13 rings (SSSR count). The fraction of sp³-hybridized carbons (Fsp3) is 0.125. The van der Waals surface area contributed by atoms with Gasteiger partial charge in [0.2, 0.25) is 26.0 Å². The lowest BCUT2D eigenvalue weighted by atomic mass is 9.32. The summed E-state index contributed by atoms with van der Waals surface area (Å²) in [6.45, 7) is 4.30. The van der Waals surface area contributed by atoms with Gasteiger partial charge in [0.15, 0.2) is 0 Å². The van der Waals surface area contributed by atoms with Crippen molar-refractivity contribution in [2.24, 2.45) is 0 Å². The Kier molecular flexibility index (Phi) is 5.96. The molecule has 4 unspecified atom stereocenters. The smallest absolute Gasteiger partial charge is 0.248 e. The van der Waals surface area contributed by atoms with Crippen molar-refractivity contribution in [3.05, 3.63) is 140 Å². The van der Waals surface area contributed by atoms with Crippen LogP contribution in [0, 0.1) is 0 Å². The molecule has 0 amide bonds. The maximum Gasteiger partial charge on any atom is 0.248 e. The molecule has 7 heteroatoms. The second-order valence-electron chi connectivity index (χ2n) is 15.7. The van der Waals surface area contributed by atoms with Crippen molar-refractivity contribution in [1.29, 1.82) is 0 Å². The van der Waals surface area contributed by atoms with Gasteiger partial charge >= 0.3 is 0 Å². The quantitative estimate of drug-likeness (QED) is 0.149. The van der Waals surface area contributed by atoms with E-state index in [2.05, 4.69) is 144 Å². The van der Waals surface area contributed by atoms with Gasteiger partial charge in [0.25, 0.3) is 0 Å². The van der Waals surface area contributed by atoms with E-state index in [0.717, 1.165) is 11.5 Å². The summed E-state index contributed by atoms with van der Waals surface area (Å²) >= 11 is 0. The molecule has 2 fully saturated rings. The van der Waals surface area contributed by atoms with Crippen LogP contribution in [0.25, 0.3) is 44.5 Å². The molecular formula is C48H33B2NO4. The number of benzene rings is 7. The fourth-order valence-electron chi connectivity index (χ4n) is 10.0. The molecule has 55 heavy (non-hydrogen) atoms. The highest BCUT2D eigenvalue weighted by Gasteiger charge is 2.50. The highest BCUT2D eigenvalue weighted by Crippen LogP contribution is 2.47. The van der Waals surface area contributed by atoms with Crippen LogP contribution in [0.5, 0.6) is 11.5 Å². The fourth-order valence-corrected chi connectivity index (χ4v) is 10.0. The molecule has 0 spiro atoms. The van der Waals surface area contributed by atoms with Crippen molar-refractivity contribution in [2.75, 3.05) is 4.90 Å². The van der Waals surface area contributed by atoms with Gasteiger partial charge in [0.05, 0.1) is 0 Å². The number of nitrogens with zero attached hydrogens (tertiary/aromatic N) is 1. The lowest BCUT2D eigenvalue weighted by molar-refractivity contribution is 0.178. The minimum Gasteiger partial charge on any atom is -0.462 e. The average molecular weight is 709 g/mol. The van der Waals surface area contributed by atoms with Crippen LogP contribution in [0.1, 0.15) is 13.8 Å². The molecule has 5 nitrogen and oxygen atoms in total. The maximum absolute atomic E-state index is 6.06. The molecule has 7 aromatic carbocycles. The summed E-state index contributed by atoms with van der Waals surface area (Å²) in [6.07, 6.45) is -0.0295. The molecule has 0 radical (unpaired) electrons. The Morgan fingerprint density at radius 1 is 0.473 bits per heavy atom. The van der Waals surface area contributed by atoms with E-state index < -0.39 is 0 Å². The largest absolute Gasteiger partial charge is 0.462 e. The molecule has 7 aromatic rings. The number of hydrogen-bond acceptors (Lipinski definition) is 5. The first-order valence-electron chi connectivity index (χ1n) is 19.4. The lowest BCUT2D eigenvalue weighted by Gasteiger charge is -2.43. The first-order valence-corrected chi connectivity index (χ1v) is 19.4. The van der Waals surface area contributed by atoms with Crippen molar-refractivity contribution in [3.63, 3.8) is 0 Å². The topological polar surface area (TPSA) is 46.8 Å². The highest BCUT2D eigenvalue weighted by atomic mass is 16.8. The van der Waals surface area contributed by atoms with Gasteiger partial charge in [-0.25, -0.2) is 0 Å². The van der Waals surface area contributed by atoms with Crippen LogP contribution in [0.2, 0.25) is 0 Å². The molecule has 6 heterocycles. The molecule has 6 aliphatic heterocycles. The summed E-state index contributed by atoms with van der Waals surface area (Å²) in [6, 6.07) is 51.8. The Hall–Kier alpha value is -6.01. The van der Waals surface area contributed by atoms with Crippen LogP contribution in [-0.4, -0.2) is 38.2 Å². The van der Waals surface area contributed by atoms with Crippen LogP contribution < -0.4 is 47.2 Å². The van der Waals surface area contributed by atoms with Crippen LogP contribution in [0.15, 0.2) is 140 Å². The zero-order valence-corrected chi connectivity index (χ0v) is 30.3. The van der Waals surface area contributed by atoms with E-state index in [1.54, 1.807) is 0 Å². The summed E-state index contributed by atoms with van der Waals surface area (Å²) in [4.78, 5) is 2.60. The van der Waals surface area contributed by atoms with E-state index in [-0.39, 0.29) is 38.2 Å². The third kappa shape index (κ3) is 4.23. The van der Waals surface area contributed by atoms with E-state index in [1.165, 1.54) is 94.3 Å². The summed E-state index contributed by atoms with van der Waals surface area (Å²) < 4.78 is 23.2. The maximum atomic E-state index is 6.06. The third-order valence-electron chi connectivity index (χ3n) is 12.7. The minimum absolute atomic E-state index is 0.0831. The zero-order valence-electron chi connectivity index (χ0n) is 30.3. The van der Waals surface area contributed by atoms with Gasteiger partial charge in [-0.3, -0.25) is 0 Å². The molecule has 2 saturated heterocycles. The Balaban J connectivity index is 1.05. The molecular weight excluding hydrogens is 676 g/mol. The van der Waals surface area contributed by atoms with E-state index in [9.17, 15) is 0 Å². The summed E-state index contributed by atoms with van der Waals surface area (Å²) in [5, 5.41) is 0. The summed E-state index contributed by atoms with van der Waals surface area (Å²) in [7, 11) is 0. The zero-order chi connectivity index (χ0) is 36.1. The standard InChI is InChI=1S/C48H33B2NO4/c1-26-47(52-26)54-31-18-14-28(15-19-31)30-24-39-46-40(25-30)50-38-12-6-4-9-36(38)43-33(29-16-20-32(21-17-29)55-48-27(2)53-48)22-23-42(45(43)50)51(46)41-13-7-10-35-34-8-3-5-11-37(34)49(39)44(35)41/h3-27,47-48H,1-2H3. The molecule has 4 atom stereocenters. The first-order chi connectivity index (χ1) is 27.1. The van der Waals surface area contributed by atoms with E-state index in [1.807, 2.05) is 13.8 Å². The van der Waals surface area contributed by atoms with Crippen molar-refractivity contribution >= 4 is 63.3 Å². The molecule has 0 N–H and O–H groups in total. The molecule has 0 bridgehead atoms. The van der Waals surface area contributed by atoms with Crippen molar-refractivity contribution < 1.29 is 18.9 Å². The van der Waals surface area contributed by atoms with Crippen molar-refractivity contribution in [2.45, 2.75) is 38.6 Å². The predicted molar refractivity (Wildman–Crippen MR) is 222 cm³/mol. The van der Waals surface area contributed by atoms with E-state index in [0.29, 0.717) is 0 Å². The van der Waals surface area contributed by atoms with Crippen LogP contribution in [0.3, 0.4) is 0 Å². The Morgan fingerprint density at radius 3 is 1.67 bits per heavy atom. The van der Waals surface area contributed by atoms with E-state index in [4.69, 9.17) is 18.9 Å². The van der Waals surface area contributed by atoms with Gasteiger partial charge in [-0.05, 0) is 117 Å². The van der Waals surface area contributed by atoms with E-state index >= 15 is 0 Å². The lowest BCUT2D eigenvalue weighted by Crippen LogP contribution is -2.63. The molecule has 0 aliphatic carbocycles. The minimum atomic E-state index is -0.157. The number of ether oxygens (including phenoxy) is 4.